The fourth-order valence-corrected chi connectivity index (χ4v) is 3.44. The molecule has 0 atom stereocenters. The van der Waals surface area contributed by atoms with E-state index in [1.807, 2.05) is 6.07 Å². The summed E-state index contributed by atoms with van der Waals surface area (Å²) in [7, 11) is 0. The third-order valence-electron chi connectivity index (χ3n) is 5.17. The number of carbonyl (C=O) groups excluding carboxylic acids is 2. The number of phenolic OH excluding ortho intramolecular Hbond substituents is 1. The Morgan fingerprint density at radius 1 is 1.18 bits per heavy atom. The standard InChI is InChI=1S/C13H11NO3.C10H18ClN3O2/c14-9-6-7-11(12(15)8-9)13(16)17-10-4-2-1-3-5-10;1-8-2-4-9(5-3-8)12-10(15)14(13-16)7-6-11/h1-8,15H,14H2;8-9H,2-7H2,1H3,(H,12,15). The lowest BCUT2D eigenvalue weighted by Crippen LogP contribution is -2.44. The van der Waals surface area contributed by atoms with Crippen molar-refractivity contribution in [2.75, 3.05) is 18.2 Å². The van der Waals surface area contributed by atoms with Gasteiger partial charge in [-0.1, -0.05) is 25.1 Å². The van der Waals surface area contributed by atoms with Crippen LogP contribution in [0.1, 0.15) is 43.0 Å². The zero-order chi connectivity index (χ0) is 24.2. The number of nitrogens with zero attached hydrogens (tertiary/aromatic N) is 2. The zero-order valence-corrected chi connectivity index (χ0v) is 19.2. The molecule has 0 aromatic heterocycles. The van der Waals surface area contributed by atoms with E-state index in [1.165, 1.54) is 18.2 Å². The van der Waals surface area contributed by atoms with Gasteiger partial charge in [-0.05, 0) is 55.9 Å². The molecule has 1 aliphatic carbocycles. The van der Waals surface area contributed by atoms with E-state index in [0.717, 1.165) is 36.6 Å². The minimum atomic E-state index is -0.617. The summed E-state index contributed by atoms with van der Waals surface area (Å²) in [5, 5.41) is 15.9. The SMILES string of the molecule is CC1CCC(NC(=O)N(CCCl)N=O)CC1.Nc1ccc(C(=O)Oc2ccccc2)c(O)c1. The Labute approximate surface area is 197 Å². The Morgan fingerprint density at radius 3 is 2.42 bits per heavy atom. The molecule has 178 valence electrons. The highest BCUT2D eigenvalue weighted by Crippen LogP contribution is 2.24. The number of alkyl halides is 1. The summed E-state index contributed by atoms with van der Waals surface area (Å²) >= 11 is 5.46. The molecule has 4 N–H and O–H groups in total. The number of urea groups is 1. The average molecular weight is 477 g/mol. The number of hydrogen-bond donors (Lipinski definition) is 3. The van der Waals surface area contributed by atoms with E-state index in [2.05, 4.69) is 17.5 Å². The molecule has 1 aliphatic rings. The monoisotopic (exact) mass is 476 g/mol. The predicted molar refractivity (Wildman–Crippen MR) is 127 cm³/mol. The van der Waals surface area contributed by atoms with Gasteiger partial charge in [0.15, 0.2) is 0 Å². The third kappa shape index (κ3) is 8.61. The molecule has 1 saturated carbocycles. The van der Waals surface area contributed by atoms with E-state index in [1.54, 1.807) is 24.3 Å². The molecule has 10 heteroatoms. The number of anilines is 1. The van der Waals surface area contributed by atoms with Crippen LogP contribution in [0.2, 0.25) is 0 Å². The number of amides is 2. The van der Waals surface area contributed by atoms with Crippen LogP contribution in [0, 0.1) is 10.8 Å². The minimum Gasteiger partial charge on any atom is -0.507 e. The fraction of sp³-hybridized carbons (Fsp3) is 0.391. The van der Waals surface area contributed by atoms with Crippen molar-refractivity contribution in [3.8, 4) is 11.5 Å². The van der Waals surface area contributed by atoms with Gasteiger partial charge in [0.05, 0.1) is 11.8 Å². The van der Waals surface area contributed by atoms with Crippen LogP contribution in [-0.4, -0.2) is 40.6 Å². The van der Waals surface area contributed by atoms with E-state index < -0.39 is 12.0 Å². The van der Waals surface area contributed by atoms with Gasteiger partial charge in [-0.25, -0.2) is 9.59 Å². The van der Waals surface area contributed by atoms with E-state index in [0.29, 0.717) is 11.4 Å². The van der Waals surface area contributed by atoms with Gasteiger partial charge in [0.1, 0.15) is 17.1 Å². The van der Waals surface area contributed by atoms with Gasteiger partial charge in [0.25, 0.3) is 0 Å². The molecule has 3 rings (SSSR count). The Morgan fingerprint density at radius 2 is 1.85 bits per heavy atom. The van der Waals surface area contributed by atoms with Crippen molar-refractivity contribution < 1.29 is 19.4 Å². The van der Waals surface area contributed by atoms with Gasteiger partial charge < -0.3 is 20.9 Å². The van der Waals surface area contributed by atoms with Gasteiger partial charge in [0, 0.05) is 23.7 Å². The number of aromatic hydroxyl groups is 1. The maximum absolute atomic E-state index is 11.7. The van der Waals surface area contributed by atoms with E-state index >= 15 is 0 Å². The number of benzene rings is 2. The van der Waals surface area contributed by atoms with Crippen molar-refractivity contribution in [2.24, 2.45) is 11.2 Å². The van der Waals surface area contributed by atoms with Crippen LogP contribution in [0.15, 0.2) is 53.8 Å². The molecule has 0 unspecified atom stereocenters. The second-order valence-corrected chi connectivity index (χ2v) is 8.16. The highest BCUT2D eigenvalue weighted by Gasteiger charge is 2.22. The molecule has 0 heterocycles. The molecule has 1 fully saturated rings. The molecular weight excluding hydrogens is 448 g/mol. The van der Waals surface area contributed by atoms with Gasteiger partial charge in [-0.2, -0.15) is 5.01 Å². The molecule has 0 spiro atoms. The molecule has 0 radical (unpaired) electrons. The van der Waals surface area contributed by atoms with E-state index in [-0.39, 0.29) is 29.8 Å². The first kappa shape index (κ1) is 25.9. The summed E-state index contributed by atoms with van der Waals surface area (Å²) in [5.41, 5.74) is 5.94. The molecule has 0 saturated heterocycles. The quantitative estimate of drug-likeness (QED) is 0.138. The fourth-order valence-electron chi connectivity index (χ4n) is 3.28. The number of nitroso groups, excluding NO2 is 1. The van der Waals surface area contributed by atoms with Gasteiger partial charge in [-0.3, -0.25) is 0 Å². The first-order valence-electron chi connectivity index (χ1n) is 10.7. The summed E-state index contributed by atoms with van der Waals surface area (Å²) in [6.45, 7) is 2.37. The van der Waals surface area contributed by atoms with Gasteiger partial charge >= 0.3 is 12.0 Å². The highest BCUT2D eigenvalue weighted by atomic mass is 35.5. The second-order valence-electron chi connectivity index (χ2n) is 7.78. The van der Waals surface area contributed by atoms with Crippen LogP contribution in [0.25, 0.3) is 0 Å². The number of hydrogen-bond acceptors (Lipinski definition) is 7. The van der Waals surface area contributed by atoms with Crippen molar-refractivity contribution in [2.45, 2.75) is 38.6 Å². The van der Waals surface area contributed by atoms with Crippen molar-refractivity contribution in [1.82, 2.24) is 10.3 Å². The van der Waals surface area contributed by atoms with Crippen LogP contribution >= 0.6 is 11.6 Å². The first-order valence-corrected chi connectivity index (χ1v) is 11.2. The molecule has 0 bridgehead atoms. The molecule has 33 heavy (non-hydrogen) atoms. The summed E-state index contributed by atoms with van der Waals surface area (Å²) < 4.78 is 5.08. The van der Waals surface area contributed by atoms with Crippen LogP contribution in [0.3, 0.4) is 0 Å². The molecular formula is C23H29ClN4O5. The average Bonchev–Trinajstić information content (AvgIpc) is 2.80. The Balaban J connectivity index is 0.000000234. The van der Waals surface area contributed by atoms with Crippen molar-refractivity contribution in [3.05, 3.63) is 59.0 Å². The number of nitrogens with one attached hydrogen (secondary N) is 1. The molecule has 2 amide bonds. The van der Waals surface area contributed by atoms with Crippen LogP contribution in [-0.2, 0) is 0 Å². The van der Waals surface area contributed by atoms with Crippen molar-refractivity contribution in [1.29, 1.82) is 0 Å². The Hall–Kier alpha value is -3.33. The summed E-state index contributed by atoms with van der Waals surface area (Å²) in [6.07, 6.45) is 4.19. The van der Waals surface area contributed by atoms with Crippen LogP contribution in [0.5, 0.6) is 11.5 Å². The van der Waals surface area contributed by atoms with Gasteiger partial charge in [-0.15, -0.1) is 16.5 Å². The Bertz CT molecular complexity index is 920. The first-order chi connectivity index (χ1) is 15.8. The number of carbonyl (C=O) groups is 2. The van der Waals surface area contributed by atoms with Gasteiger partial charge in [0.2, 0.25) is 0 Å². The largest absolute Gasteiger partial charge is 0.507 e. The van der Waals surface area contributed by atoms with Crippen LogP contribution in [0.4, 0.5) is 10.5 Å². The maximum Gasteiger partial charge on any atom is 0.347 e. The topological polar surface area (TPSA) is 134 Å². The number of halogens is 1. The molecule has 0 aliphatic heterocycles. The second kappa shape index (κ2) is 13.3. The smallest absolute Gasteiger partial charge is 0.347 e. The number of nitrogen functional groups attached to an aromatic ring is 1. The number of esters is 1. The molecule has 2 aromatic carbocycles. The number of phenols is 1. The van der Waals surface area contributed by atoms with Crippen molar-refractivity contribution >= 4 is 29.3 Å². The van der Waals surface area contributed by atoms with E-state index in [4.69, 9.17) is 22.1 Å². The lowest BCUT2D eigenvalue weighted by Gasteiger charge is -2.27. The molecule has 9 nitrogen and oxygen atoms in total. The minimum absolute atomic E-state index is 0.0862. The Kier molecular flexibility index (Phi) is 10.4. The zero-order valence-electron chi connectivity index (χ0n) is 18.4. The lowest BCUT2D eigenvalue weighted by atomic mass is 9.87. The summed E-state index contributed by atoms with van der Waals surface area (Å²) in [5.74, 6) is 0.561. The lowest BCUT2D eigenvalue weighted by molar-refractivity contribution is 0.0731. The normalized spacial score (nSPS) is 17.2. The number of para-hydroxylation sites is 1. The number of ether oxygens (including phenoxy) is 1. The third-order valence-corrected chi connectivity index (χ3v) is 5.34. The van der Waals surface area contributed by atoms with Crippen molar-refractivity contribution in [3.63, 3.8) is 0 Å². The van der Waals surface area contributed by atoms with E-state index in [9.17, 15) is 19.6 Å². The highest BCUT2D eigenvalue weighted by molar-refractivity contribution is 6.18. The predicted octanol–water partition coefficient (Wildman–Crippen LogP) is 4.69. The molecule has 2 aromatic rings. The number of nitrogens with two attached hydrogens (primary N) is 1. The number of rotatable bonds is 6. The maximum atomic E-state index is 11.7. The summed E-state index contributed by atoms with van der Waals surface area (Å²) in [4.78, 5) is 33.7. The van der Waals surface area contributed by atoms with Crippen LogP contribution < -0.4 is 15.8 Å². The summed E-state index contributed by atoms with van der Waals surface area (Å²) in [6, 6.07) is 12.6.